The number of nitrogens with one attached hydrogen (secondary N) is 1. The third kappa shape index (κ3) is 4.38. The number of aromatic nitrogens is 2. The molecule has 28 heavy (non-hydrogen) atoms. The SMILES string of the molecule is CCn1nc(C)cc1C(=O)Nc1ccc(OCc2cccc(C#N)c2)cc1C. The Morgan fingerprint density at radius 3 is 2.75 bits per heavy atom. The summed E-state index contributed by atoms with van der Waals surface area (Å²) in [6.07, 6.45) is 0. The van der Waals surface area contributed by atoms with Crippen LogP contribution in [0.25, 0.3) is 0 Å². The number of ether oxygens (including phenoxy) is 1. The van der Waals surface area contributed by atoms with Crippen LogP contribution in [0.15, 0.2) is 48.5 Å². The van der Waals surface area contributed by atoms with Crippen LogP contribution in [-0.2, 0) is 13.2 Å². The van der Waals surface area contributed by atoms with E-state index in [0.717, 1.165) is 22.5 Å². The zero-order valence-corrected chi connectivity index (χ0v) is 16.2. The van der Waals surface area contributed by atoms with Crippen molar-refractivity contribution >= 4 is 11.6 Å². The van der Waals surface area contributed by atoms with Gasteiger partial charge < -0.3 is 10.1 Å². The molecule has 0 radical (unpaired) electrons. The fourth-order valence-electron chi connectivity index (χ4n) is 2.92. The van der Waals surface area contributed by atoms with Gasteiger partial charge in [0.25, 0.3) is 5.91 Å². The van der Waals surface area contributed by atoms with E-state index in [4.69, 9.17) is 10.00 Å². The monoisotopic (exact) mass is 374 g/mol. The number of carbonyl (C=O) groups is 1. The van der Waals surface area contributed by atoms with Crippen molar-refractivity contribution in [1.29, 1.82) is 5.26 Å². The second-order valence-corrected chi connectivity index (χ2v) is 6.52. The van der Waals surface area contributed by atoms with Gasteiger partial charge in [-0.3, -0.25) is 9.48 Å². The molecule has 1 aromatic heterocycles. The molecule has 0 unspecified atom stereocenters. The van der Waals surface area contributed by atoms with Crippen LogP contribution in [0.1, 0.15) is 39.8 Å². The third-order valence-corrected chi connectivity index (χ3v) is 4.34. The van der Waals surface area contributed by atoms with Gasteiger partial charge in [0.15, 0.2) is 0 Å². The minimum Gasteiger partial charge on any atom is -0.489 e. The Morgan fingerprint density at radius 2 is 2.04 bits per heavy atom. The van der Waals surface area contributed by atoms with Crippen molar-refractivity contribution in [2.24, 2.45) is 0 Å². The number of carbonyl (C=O) groups excluding carboxylic acids is 1. The Bertz CT molecular complexity index is 1050. The van der Waals surface area contributed by atoms with E-state index in [1.807, 2.05) is 51.1 Å². The lowest BCUT2D eigenvalue weighted by Gasteiger charge is -2.12. The smallest absolute Gasteiger partial charge is 0.273 e. The lowest BCUT2D eigenvalue weighted by Crippen LogP contribution is -2.17. The fourth-order valence-corrected chi connectivity index (χ4v) is 2.92. The Balaban J connectivity index is 1.68. The number of rotatable bonds is 6. The number of hydrogen-bond donors (Lipinski definition) is 1. The van der Waals surface area contributed by atoms with Gasteiger partial charge in [0.2, 0.25) is 0 Å². The lowest BCUT2D eigenvalue weighted by atomic mass is 10.1. The molecule has 0 spiro atoms. The van der Waals surface area contributed by atoms with E-state index in [-0.39, 0.29) is 5.91 Å². The van der Waals surface area contributed by atoms with E-state index < -0.39 is 0 Å². The van der Waals surface area contributed by atoms with Gasteiger partial charge in [0.1, 0.15) is 18.1 Å². The minimum absolute atomic E-state index is 0.187. The first-order valence-corrected chi connectivity index (χ1v) is 9.08. The molecule has 0 aliphatic carbocycles. The van der Waals surface area contributed by atoms with Gasteiger partial charge in [-0.15, -0.1) is 0 Å². The van der Waals surface area contributed by atoms with Crippen LogP contribution in [0.5, 0.6) is 5.75 Å². The molecule has 1 N–H and O–H groups in total. The van der Waals surface area contributed by atoms with Gasteiger partial charge in [0.05, 0.1) is 17.3 Å². The highest BCUT2D eigenvalue weighted by atomic mass is 16.5. The highest BCUT2D eigenvalue weighted by molar-refractivity contribution is 6.03. The van der Waals surface area contributed by atoms with Crippen molar-refractivity contribution in [3.05, 3.63) is 76.6 Å². The van der Waals surface area contributed by atoms with Crippen molar-refractivity contribution in [3.8, 4) is 11.8 Å². The van der Waals surface area contributed by atoms with Crippen molar-refractivity contribution in [3.63, 3.8) is 0 Å². The maximum Gasteiger partial charge on any atom is 0.273 e. The standard InChI is InChI=1S/C22H22N4O2/c1-4-26-21(11-16(3)25-26)22(27)24-20-9-8-19(10-15(20)2)28-14-18-7-5-6-17(12-18)13-23/h5-12H,4,14H2,1-3H3,(H,24,27). The second-order valence-electron chi connectivity index (χ2n) is 6.52. The summed E-state index contributed by atoms with van der Waals surface area (Å²) in [6.45, 7) is 6.74. The molecule has 0 bridgehead atoms. The summed E-state index contributed by atoms with van der Waals surface area (Å²) < 4.78 is 7.51. The fraction of sp³-hybridized carbons (Fsp3) is 0.227. The molecule has 1 amide bonds. The molecule has 0 fully saturated rings. The first kappa shape index (κ1) is 19.2. The number of anilines is 1. The lowest BCUT2D eigenvalue weighted by molar-refractivity contribution is 0.101. The Labute approximate surface area is 164 Å². The molecular formula is C22H22N4O2. The minimum atomic E-state index is -0.187. The number of nitriles is 1. The van der Waals surface area contributed by atoms with E-state index in [1.165, 1.54) is 0 Å². The predicted octanol–water partition coefficient (Wildman–Crippen LogP) is 4.22. The van der Waals surface area contributed by atoms with Crippen LogP contribution in [0.3, 0.4) is 0 Å². The van der Waals surface area contributed by atoms with Crippen molar-refractivity contribution < 1.29 is 9.53 Å². The van der Waals surface area contributed by atoms with E-state index in [2.05, 4.69) is 16.5 Å². The molecule has 142 valence electrons. The van der Waals surface area contributed by atoms with E-state index >= 15 is 0 Å². The molecule has 6 heteroatoms. The second kappa shape index (κ2) is 8.40. The van der Waals surface area contributed by atoms with E-state index in [1.54, 1.807) is 22.9 Å². The van der Waals surface area contributed by atoms with Crippen LogP contribution in [0, 0.1) is 25.2 Å². The van der Waals surface area contributed by atoms with E-state index in [0.29, 0.717) is 30.2 Å². The Morgan fingerprint density at radius 1 is 1.21 bits per heavy atom. The molecular weight excluding hydrogens is 352 g/mol. The van der Waals surface area contributed by atoms with Gasteiger partial charge in [-0.05, 0) is 68.3 Å². The maximum atomic E-state index is 12.6. The predicted molar refractivity (Wildman–Crippen MR) is 107 cm³/mol. The van der Waals surface area contributed by atoms with Crippen molar-refractivity contribution in [1.82, 2.24) is 9.78 Å². The van der Waals surface area contributed by atoms with Crippen LogP contribution < -0.4 is 10.1 Å². The van der Waals surface area contributed by atoms with Gasteiger partial charge in [-0.2, -0.15) is 10.4 Å². The number of amides is 1. The molecule has 6 nitrogen and oxygen atoms in total. The van der Waals surface area contributed by atoms with Crippen LogP contribution in [0.4, 0.5) is 5.69 Å². The largest absolute Gasteiger partial charge is 0.489 e. The molecule has 1 heterocycles. The average molecular weight is 374 g/mol. The summed E-state index contributed by atoms with van der Waals surface area (Å²) in [5.74, 6) is 0.514. The van der Waals surface area contributed by atoms with Gasteiger partial charge in [-0.25, -0.2) is 0 Å². The van der Waals surface area contributed by atoms with Gasteiger partial charge in [0, 0.05) is 12.2 Å². The molecule has 3 rings (SSSR count). The molecule has 2 aromatic carbocycles. The number of hydrogen-bond acceptors (Lipinski definition) is 4. The first-order valence-electron chi connectivity index (χ1n) is 9.08. The van der Waals surface area contributed by atoms with Crippen LogP contribution in [-0.4, -0.2) is 15.7 Å². The quantitative estimate of drug-likeness (QED) is 0.700. The summed E-state index contributed by atoms with van der Waals surface area (Å²) in [5, 5.41) is 16.2. The van der Waals surface area contributed by atoms with Gasteiger partial charge >= 0.3 is 0 Å². The highest BCUT2D eigenvalue weighted by Crippen LogP contribution is 2.23. The molecule has 0 saturated carbocycles. The topological polar surface area (TPSA) is 79.9 Å². The van der Waals surface area contributed by atoms with Crippen molar-refractivity contribution in [2.45, 2.75) is 33.9 Å². The molecule has 0 aliphatic heterocycles. The first-order chi connectivity index (χ1) is 13.5. The number of aryl methyl sites for hydroxylation is 3. The number of benzene rings is 2. The molecule has 3 aromatic rings. The number of nitrogens with zero attached hydrogens (tertiary/aromatic N) is 3. The zero-order valence-electron chi connectivity index (χ0n) is 16.2. The molecule has 0 atom stereocenters. The summed E-state index contributed by atoms with van der Waals surface area (Å²) in [6, 6.07) is 16.7. The van der Waals surface area contributed by atoms with Crippen LogP contribution >= 0.6 is 0 Å². The zero-order chi connectivity index (χ0) is 20.1. The van der Waals surface area contributed by atoms with Crippen LogP contribution in [0.2, 0.25) is 0 Å². The van der Waals surface area contributed by atoms with Crippen molar-refractivity contribution in [2.75, 3.05) is 5.32 Å². The maximum absolute atomic E-state index is 12.6. The normalized spacial score (nSPS) is 10.4. The van der Waals surface area contributed by atoms with E-state index in [9.17, 15) is 4.79 Å². The third-order valence-electron chi connectivity index (χ3n) is 4.34. The van der Waals surface area contributed by atoms with Gasteiger partial charge in [-0.1, -0.05) is 12.1 Å². The molecule has 0 aliphatic rings. The average Bonchev–Trinajstić information content (AvgIpc) is 3.09. The Kier molecular flexibility index (Phi) is 5.75. The summed E-state index contributed by atoms with van der Waals surface area (Å²) in [4.78, 5) is 12.6. The highest BCUT2D eigenvalue weighted by Gasteiger charge is 2.14. The summed E-state index contributed by atoms with van der Waals surface area (Å²) in [5.41, 5.74) is 4.51. The summed E-state index contributed by atoms with van der Waals surface area (Å²) >= 11 is 0. The molecule has 0 saturated heterocycles. The Hall–Kier alpha value is -3.59. The summed E-state index contributed by atoms with van der Waals surface area (Å²) in [7, 11) is 0.